The SMILES string of the molecule is O=C(CN1C(=O)S/C(=C\c2ccccc2OCc2ccc(C(=O)O)cc2)C1=O)Nc1cccc(C(F)(F)F)c1. The van der Waals surface area contributed by atoms with Crippen LogP contribution < -0.4 is 10.1 Å². The highest BCUT2D eigenvalue weighted by atomic mass is 32.2. The van der Waals surface area contributed by atoms with Gasteiger partial charge >= 0.3 is 12.1 Å². The molecule has 1 fully saturated rings. The molecule has 1 heterocycles. The number of para-hydroxylation sites is 1. The summed E-state index contributed by atoms with van der Waals surface area (Å²) in [6.07, 6.45) is -3.15. The second kappa shape index (κ2) is 11.4. The third-order valence-corrected chi connectivity index (χ3v) is 6.36. The lowest BCUT2D eigenvalue weighted by molar-refractivity contribution is -0.137. The topological polar surface area (TPSA) is 113 Å². The second-order valence-electron chi connectivity index (χ2n) is 8.22. The first-order valence-corrected chi connectivity index (χ1v) is 12.1. The van der Waals surface area contributed by atoms with Crippen molar-refractivity contribution in [1.29, 1.82) is 0 Å². The Bertz CT molecular complexity index is 1470. The van der Waals surface area contributed by atoms with Gasteiger partial charge in [-0.3, -0.25) is 19.3 Å². The molecule has 0 atom stereocenters. The number of rotatable bonds is 8. The lowest BCUT2D eigenvalue weighted by Gasteiger charge is -2.13. The molecule has 1 saturated heterocycles. The molecule has 0 saturated carbocycles. The fraction of sp³-hybridized carbons (Fsp3) is 0.111. The molecule has 1 aliphatic rings. The molecule has 8 nitrogen and oxygen atoms in total. The molecule has 3 aromatic rings. The number of carbonyl (C=O) groups is 4. The van der Waals surface area contributed by atoms with Crippen LogP contribution in [0.3, 0.4) is 0 Å². The van der Waals surface area contributed by atoms with E-state index >= 15 is 0 Å². The summed E-state index contributed by atoms with van der Waals surface area (Å²) in [7, 11) is 0. The maximum absolute atomic E-state index is 12.9. The minimum absolute atomic E-state index is 0.0359. The standard InChI is InChI=1S/C27H19F3N2O6S/c28-27(29,30)19-5-3-6-20(13-19)31-23(33)14-32-24(34)22(39-26(32)37)12-18-4-1-2-7-21(18)38-15-16-8-10-17(11-9-16)25(35)36/h1-13H,14-15H2,(H,31,33)(H,35,36)/b22-12-. The van der Waals surface area contributed by atoms with Crippen molar-refractivity contribution in [1.82, 2.24) is 4.90 Å². The number of hydrogen-bond acceptors (Lipinski definition) is 6. The van der Waals surface area contributed by atoms with Gasteiger partial charge in [0.1, 0.15) is 18.9 Å². The quantitative estimate of drug-likeness (QED) is 0.345. The maximum atomic E-state index is 12.9. The van der Waals surface area contributed by atoms with Crippen molar-refractivity contribution in [3.8, 4) is 5.75 Å². The van der Waals surface area contributed by atoms with E-state index in [9.17, 15) is 32.3 Å². The number of carboxylic acid groups (broad SMARTS) is 1. The van der Waals surface area contributed by atoms with E-state index in [0.717, 1.165) is 18.2 Å². The zero-order valence-electron chi connectivity index (χ0n) is 19.9. The van der Waals surface area contributed by atoms with Gasteiger partial charge in [0.05, 0.1) is 16.0 Å². The molecule has 0 bridgehead atoms. The van der Waals surface area contributed by atoms with Crippen LogP contribution in [-0.4, -0.2) is 39.6 Å². The molecule has 2 N–H and O–H groups in total. The van der Waals surface area contributed by atoms with Crippen LogP contribution in [0.25, 0.3) is 6.08 Å². The van der Waals surface area contributed by atoms with Crippen LogP contribution in [0, 0.1) is 0 Å². The summed E-state index contributed by atoms with van der Waals surface area (Å²) >= 11 is 0.617. The Morgan fingerprint density at radius 3 is 2.41 bits per heavy atom. The average molecular weight is 557 g/mol. The Morgan fingerprint density at radius 1 is 1.00 bits per heavy atom. The first kappa shape index (κ1) is 27.5. The summed E-state index contributed by atoms with van der Waals surface area (Å²) in [6.45, 7) is -0.565. The minimum atomic E-state index is -4.59. The number of amides is 3. The predicted octanol–water partition coefficient (Wildman–Crippen LogP) is 5.66. The molecule has 0 aliphatic carbocycles. The van der Waals surface area contributed by atoms with E-state index in [-0.39, 0.29) is 22.8 Å². The van der Waals surface area contributed by atoms with E-state index in [1.54, 1.807) is 36.4 Å². The van der Waals surface area contributed by atoms with E-state index in [0.29, 0.717) is 33.5 Å². The van der Waals surface area contributed by atoms with Crippen molar-refractivity contribution in [3.63, 3.8) is 0 Å². The summed E-state index contributed by atoms with van der Waals surface area (Å²) in [5.41, 5.74) is 0.257. The number of aromatic carboxylic acids is 1. The smallest absolute Gasteiger partial charge is 0.416 e. The van der Waals surface area contributed by atoms with Gasteiger partial charge in [-0.2, -0.15) is 13.2 Å². The van der Waals surface area contributed by atoms with Gasteiger partial charge in [0.25, 0.3) is 11.1 Å². The number of carbonyl (C=O) groups excluding carboxylic acids is 3. The first-order chi connectivity index (χ1) is 18.5. The van der Waals surface area contributed by atoms with Crippen molar-refractivity contribution in [3.05, 3.63) is 100.0 Å². The number of hydrogen-bond donors (Lipinski definition) is 2. The van der Waals surface area contributed by atoms with E-state index in [1.165, 1.54) is 24.3 Å². The summed E-state index contributed by atoms with van der Waals surface area (Å²) in [4.78, 5) is 49.5. The molecule has 12 heteroatoms. The number of nitrogens with one attached hydrogen (secondary N) is 1. The number of nitrogens with zero attached hydrogens (tertiary/aromatic N) is 1. The fourth-order valence-corrected chi connectivity index (χ4v) is 4.36. The van der Waals surface area contributed by atoms with Gasteiger partial charge in [-0.05, 0) is 59.8 Å². The number of benzene rings is 3. The molecule has 200 valence electrons. The molecular formula is C27H19F3N2O6S. The molecule has 4 rings (SSSR count). The highest BCUT2D eigenvalue weighted by molar-refractivity contribution is 8.18. The van der Waals surface area contributed by atoms with E-state index in [1.807, 2.05) is 0 Å². The highest BCUT2D eigenvalue weighted by Gasteiger charge is 2.36. The lowest BCUT2D eigenvalue weighted by Crippen LogP contribution is -2.36. The molecule has 1 aliphatic heterocycles. The number of carboxylic acids is 1. The molecular weight excluding hydrogens is 537 g/mol. The Morgan fingerprint density at radius 2 is 1.72 bits per heavy atom. The molecule has 3 aromatic carbocycles. The van der Waals surface area contributed by atoms with Crippen LogP contribution in [0.2, 0.25) is 0 Å². The Hall–Kier alpha value is -4.58. The zero-order valence-corrected chi connectivity index (χ0v) is 20.7. The van der Waals surface area contributed by atoms with Crippen molar-refractivity contribution < 1.29 is 42.2 Å². The van der Waals surface area contributed by atoms with Crippen molar-refractivity contribution in [2.45, 2.75) is 12.8 Å². The highest BCUT2D eigenvalue weighted by Crippen LogP contribution is 2.34. The van der Waals surface area contributed by atoms with Gasteiger partial charge in [0.15, 0.2) is 0 Å². The monoisotopic (exact) mass is 556 g/mol. The predicted molar refractivity (Wildman–Crippen MR) is 137 cm³/mol. The normalized spacial score (nSPS) is 14.5. The molecule has 3 amide bonds. The van der Waals surface area contributed by atoms with Gasteiger partial charge in [0.2, 0.25) is 5.91 Å². The number of ether oxygens (including phenoxy) is 1. The van der Waals surface area contributed by atoms with Crippen LogP contribution in [0.15, 0.2) is 77.7 Å². The van der Waals surface area contributed by atoms with Crippen LogP contribution in [0.5, 0.6) is 5.75 Å². The third-order valence-electron chi connectivity index (χ3n) is 5.45. The van der Waals surface area contributed by atoms with Gasteiger partial charge in [-0.15, -0.1) is 0 Å². The molecule has 0 aromatic heterocycles. The summed E-state index contributed by atoms with van der Waals surface area (Å²) < 4.78 is 44.6. The van der Waals surface area contributed by atoms with Crippen molar-refractivity contribution in [2.24, 2.45) is 0 Å². The minimum Gasteiger partial charge on any atom is -0.488 e. The van der Waals surface area contributed by atoms with Gasteiger partial charge in [0, 0.05) is 11.3 Å². The van der Waals surface area contributed by atoms with Crippen LogP contribution in [0.4, 0.5) is 23.7 Å². The average Bonchev–Trinajstić information content (AvgIpc) is 3.15. The Labute approximate surface area is 224 Å². The summed E-state index contributed by atoms with van der Waals surface area (Å²) in [5.74, 6) is -2.22. The van der Waals surface area contributed by atoms with E-state index in [2.05, 4.69) is 5.32 Å². The first-order valence-electron chi connectivity index (χ1n) is 11.3. The van der Waals surface area contributed by atoms with Crippen LogP contribution >= 0.6 is 11.8 Å². The van der Waals surface area contributed by atoms with Crippen LogP contribution in [-0.2, 0) is 22.4 Å². The van der Waals surface area contributed by atoms with E-state index < -0.39 is 41.3 Å². The number of anilines is 1. The number of imide groups is 1. The summed E-state index contributed by atoms with van der Waals surface area (Å²) in [6, 6.07) is 16.9. The fourth-order valence-electron chi connectivity index (χ4n) is 3.53. The second-order valence-corrected chi connectivity index (χ2v) is 9.22. The van der Waals surface area contributed by atoms with E-state index in [4.69, 9.17) is 9.84 Å². The van der Waals surface area contributed by atoms with Gasteiger partial charge in [-0.1, -0.05) is 36.4 Å². The number of halogens is 3. The molecule has 0 radical (unpaired) electrons. The number of thioether (sulfide) groups is 1. The zero-order chi connectivity index (χ0) is 28.2. The van der Waals surface area contributed by atoms with Crippen molar-refractivity contribution in [2.75, 3.05) is 11.9 Å². The third kappa shape index (κ3) is 6.85. The maximum Gasteiger partial charge on any atom is 0.416 e. The van der Waals surface area contributed by atoms with Gasteiger partial charge in [-0.25, -0.2) is 4.79 Å². The molecule has 0 spiro atoms. The largest absolute Gasteiger partial charge is 0.488 e. The molecule has 0 unspecified atom stereocenters. The Balaban J connectivity index is 1.43. The lowest BCUT2D eigenvalue weighted by atomic mass is 10.1. The summed E-state index contributed by atoms with van der Waals surface area (Å²) in [5, 5.41) is 10.6. The van der Waals surface area contributed by atoms with Crippen molar-refractivity contribution >= 4 is 46.5 Å². The number of alkyl halides is 3. The van der Waals surface area contributed by atoms with Crippen LogP contribution in [0.1, 0.15) is 27.0 Å². The van der Waals surface area contributed by atoms with Gasteiger partial charge < -0.3 is 15.2 Å². The Kier molecular flexibility index (Phi) is 8.05. The molecule has 39 heavy (non-hydrogen) atoms.